The molecule has 0 radical (unpaired) electrons. The molecule has 2 aliphatic heterocycles. The lowest BCUT2D eigenvalue weighted by molar-refractivity contribution is 0.115. The van der Waals surface area contributed by atoms with Crippen LogP contribution in [0.25, 0.3) is 0 Å². The number of aryl methyl sites for hydroxylation is 1. The molecule has 21 heavy (non-hydrogen) atoms. The van der Waals surface area contributed by atoms with Gasteiger partial charge in [-0.1, -0.05) is 13.3 Å². The molecule has 3 N–H and O–H groups in total. The number of piperazine rings is 1. The van der Waals surface area contributed by atoms with E-state index in [0.717, 1.165) is 31.2 Å². The van der Waals surface area contributed by atoms with E-state index in [-0.39, 0.29) is 0 Å². The molecule has 0 aromatic carbocycles. The highest BCUT2D eigenvalue weighted by atomic mass is 15.3. The smallest absolute Gasteiger partial charge is 0.145 e. The predicted molar refractivity (Wildman–Crippen MR) is 85.2 cm³/mol. The quantitative estimate of drug-likeness (QED) is 0.647. The molecule has 0 bridgehead atoms. The topological polar surface area (TPSA) is 70.3 Å². The summed E-state index contributed by atoms with van der Waals surface area (Å²) in [6.45, 7) is 7.80. The van der Waals surface area contributed by atoms with Crippen LogP contribution in [0.15, 0.2) is 6.07 Å². The Balaban J connectivity index is 1.85. The zero-order valence-corrected chi connectivity index (χ0v) is 13.0. The monoisotopic (exact) mass is 290 g/mol. The summed E-state index contributed by atoms with van der Waals surface area (Å²) in [7, 11) is 0. The van der Waals surface area contributed by atoms with E-state index in [4.69, 9.17) is 10.8 Å². The average molecular weight is 290 g/mol. The maximum Gasteiger partial charge on any atom is 0.145 e. The second kappa shape index (κ2) is 6.15. The Morgan fingerprint density at radius 1 is 1.33 bits per heavy atom. The molecule has 2 fully saturated rings. The molecule has 2 atom stereocenters. The van der Waals surface area contributed by atoms with E-state index in [9.17, 15) is 0 Å². The SMILES string of the molecule is CCc1nc(NN)cc(N2CC3CCCCN3CC2C)n1. The van der Waals surface area contributed by atoms with E-state index in [1.54, 1.807) is 0 Å². The second-order valence-corrected chi connectivity index (χ2v) is 6.17. The first-order chi connectivity index (χ1) is 10.2. The predicted octanol–water partition coefficient (Wildman–Crippen LogP) is 1.39. The summed E-state index contributed by atoms with van der Waals surface area (Å²) in [6, 6.07) is 3.11. The zero-order valence-electron chi connectivity index (χ0n) is 13.0. The van der Waals surface area contributed by atoms with Crippen LogP contribution < -0.4 is 16.2 Å². The van der Waals surface area contributed by atoms with Gasteiger partial charge in [-0.2, -0.15) is 0 Å². The van der Waals surface area contributed by atoms with Crippen molar-refractivity contribution in [2.24, 2.45) is 5.84 Å². The van der Waals surface area contributed by atoms with Crippen LogP contribution in [0.4, 0.5) is 11.6 Å². The highest BCUT2D eigenvalue weighted by Gasteiger charge is 2.33. The number of nitrogens with two attached hydrogens (primary N) is 1. The third-order valence-electron chi connectivity index (χ3n) is 4.70. The Bertz CT molecular complexity index is 469. The molecule has 1 aromatic heterocycles. The van der Waals surface area contributed by atoms with Crippen LogP contribution in [0, 0.1) is 0 Å². The van der Waals surface area contributed by atoms with E-state index in [1.165, 1.54) is 25.8 Å². The molecule has 3 heterocycles. The lowest BCUT2D eigenvalue weighted by atomic mass is 9.97. The van der Waals surface area contributed by atoms with E-state index < -0.39 is 0 Å². The molecule has 0 aliphatic carbocycles. The van der Waals surface area contributed by atoms with Crippen LogP contribution in [0.3, 0.4) is 0 Å². The van der Waals surface area contributed by atoms with Crippen molar-refractivity contribution < 1.29 is 0 Å². The van der Waals surface area contributed by atoms with E-state index in [2.05, 4.69) is 34.1 Å². The van der Waals surface area contributed by atoms with Gasteiger partial charge in [-0.3, -0.25) is 4.90 Å². The van der Waals surface area contributed by atoms with Gasteiger partial charge in [-0.15, -0.1) is 0 Å². The van der Waals surface area contributed by atoms with Gasteiger partial charge in [0.05, 0.1) is 0 Å². The summed E-state index contributed by atoms with van der Waals surface area (Å²) >= 11 is 0. The van der Waals surface area contributed by atoms with Crippen molar-refractivity contribution in [2.45, 2.75) is 51.6 Å². The van der Waals surface area contributed by atoms with Crippen LogP contribution in [-0.2, 0) is 6.42 Å². The highest BCUT2D eigenvalue weighted by molar-refractivity contribution is 5.50. The fourth-order valence-electron chi connectivity index (χ4n) is 3.53. The number of rotatable bonds is 3. The molecular formula is C15H26N6. The fraction of sp³-hybridized carbons (Fsp3) is 0.733. The lowest BCUT2D eigenvalue weighted by Gasteiger charge is -2.48. The van der Waals surface area contributed by atoms with E-state index in [1.807, 2.05) is 6.07 Å². The molecule has 1 aromatic rings. The molecule has 2 unspecified atom stereocenters. The first-order valence-electron chi connectivity index (χ1n) is 8.06. The van der Waals surface area contributed by atoms with Crippen LogP contribution in [0.2, 0.25) is 0 Å². The molecular weight excluding hydrogens is 264 g/mol. The maximum absolute atomic E-state index is 5.55. The third-order valence-corrected chi connectivity index (χ3v) is 4.70. The number of hydrazine groups is 1. The fourth-order valence-corrected chi connectivity index (χ4v) is 3.53. The minimum atomic E-state index is 0.476. The van der Waals surface area contributed by atoms with Crippen LogP contribution >= 0.6 is 0 Å². The highest BCUT2D eigenvalue weighted by Crippen LogP contribution is 2.28. The second-order valence-electron chi connectivity index (χ2n) is 6.17. The first-order valence-corrected chi connectivity index (χ1v) is 8.06. The van der Waals surface area contributed by atoms with Crippen LogP contribution in [0.5, 0.6) is 0 Å². The van der Waals surface area contributed by atoms with E-state index >= 15 is 0 Å². The first kappa shape index (κ1) is 14.5. The molecule has 0 amide bonds. The van der Waals surface area contributed by atoms with Gasteiger partial charge in [-0.25, -0.2) is 15.8 Å². The lowest BCUT2D eigenvalue weighted by Crippen LogP contribution is -2.59. The number of nitrogen functional groups attached to an aromatic ring is 1. The number of nitrogens with zero attached hydrogens (tertiary/aromatic N) is 4. The normalized spacial score (nSPS) is 26.5. The van der Waals surface area contributed by atoms with Crippen molar-refractivity contribution in [1.82, 2.24) is 14.9 Å². The number of nitrogens with one attached hydrogen (secondary N) is 1. The Morgan fingerprint density at radius 2 is 2.19 bits per heavy atom. The molecule has 116 valence electrons. The molecule has 0 saturated carbocycles. The van der Waals surface area contributed by atoms with Gasteiger partial charge in [0.25, 0.3) is 0 Å². The summed E-state index contributed by atoms with van der Waals surface area (Å²) in [5.41, 5.74) is 2.66. The standard InChI is InChI=1S/C15H26N6/c1-3-13-17-14(19-16)8-15(18-13)21-10-12-6-4-5-7-20(12)9-11(21)2/h8,11-12H,3-7,9-10,16H2,1-2H3,(H,17,18,19). The molecule has 6 heteroatoms. The van der Waals surface area contributed by atoms with Crippen molar-refractivity contribution in [3.05, 3.63) is 11.9 Å². The van der Waals surface area contributed by atoms with Crippen LogP contribution in [0.1, 0.15) is 38.9 Å². The van der Waals surface area contributed by atoms with Crippen molar-refractivity contribution in [3.63, 3.8) is 0 Å². The van der Waals surface area contributed by atoms with Gasteiger partial charge < -0.3 is 10.3 Å². The molecule has 3 rings (SSSR count). The third kappa shape index (κ3) is 2.96. The van der Waals surface area contributed by atoms with Gasteiger partial charge in [-0.05, 0) is 26.3 Å². The summed E-state index contributed by atoms with van der Waals surface area (Å²) < 4.78 is 0. The number of aromatic nitrogens is 2. The molecule has 6 nitrogen and oxygen atoms in total. The van der Waals surface area contributed by atoms with Gasteiger partial charge in [0.1, 0.15) is 17.5 Å². The minimum absolute atomic E-state index is 0.476. The molecule has 2 aliphatic rings. The summed E-state index contributed by atoms with van der Waals surface area (Å²) in [4.78, 5) is 14.2. The van der Waals surface area contributed by atoms with Gasteiger partial charge in [0.15, 0.2) is 0 Å². The molecule has 0 spiro atoms. The Hall–Kier alpha value is -1.40. The average Bonchev–Trinajstić information content (AvgIpc) is 2.53. The van der Waals surface area contributed by atoms with Crippen LogP contribution in [-0.4, -0.2) is 46.6 Å². The largest absolute Gasteiger partial charge is 0.351 e. The van der Waals surface area contributed by atoms with Crippen molar-refractivity contribution >= 4 is 11.6 Å². The van der Waals surface area contributed by atoms with Gasteiger partial charge in [0.2, 0.25) is 0 Å². The maximum atomic E-state index is 5.55. The molecule has 2 saturated heterocycles. The zero-order chi connectivity index (χ0) is 14.8. The number of piperidine rings is 1. The Morgan fingerprint density at radius 3 is 2.95 bits per heavy atom. The van der Waals surface area contributed by atoms with Crippen molar-refractivity contribution in [2.75, 3.05) is 30.0 Å². The number of hydrogen-bond acceptors (Lipinski definition) is 6. The minimum Gasteiger partial charge on any atom is -0.351 e. The van der Waals surface area contributed by atoms with E-state index in [0.29, 0.717) is 17.9 Å². The summed E-state index contributed by atoms with van der Waals surface area (Å²) in [6.07, 6.45) is 4.82. The number of hydrogen-bond donors (Lipinski definition) is 2. The van der Waals surface area contributed by atoms with Gasteiger partial charge in [0, 0.05) is 37.7 Å². The summed E-state index contributed by atoms with van der Waals surface area (Å²) in [5, 5.41) is 0. The summed E-state index contributed by atoms with van der Waals surface area (Å²) in [5.74, 6) is 8.10. The number of fused-ring (bicyclic) bond motifs is 1. The number of anilines is 2. The van der Waals surface area contributed by atoms with Gasteiger partial charge >= 0.3 is 0 Å². The Kier molecular flexibility index (Phi) is 4.26. The Labute approximate surface area is 126 Å². The van der Waals surface area contributed by atoms with Crippen molar-refractivity contribution in [3.8, 4) is 0 Å². The van der Waals surface area contributed by atoms with Crippen molar-refractivity contribution in [1.29, 1.82) is 0 Å².